The number of nitrogens with zero attached hydrogens (tertiary/aromatic N) is 3. The van der Waals surface area contributed by atoms with Crippen LogP contribution in [0, 0.1) is 0 Å². The Hall–Kier alpha value is -2.68. The van der Waals surface area contributed by atoms with Crippen LogP contribution in [0.5, 0.6) is 11.5 Å². The van der Waals surface area contributed by atoms with Gasteiger partial charge < -0.3 is 15.6 Å². The van der Waals surface area contributed by atoms with Gasteiger partial charge in [-0.3, -0.25) is 4.79 Å². The highest BCUT2D eigenvalue weighted by molar-refractivity contribution is 7.15. The van der Waals surface area contributed by atoms with Crippen LogP contribution in [0.1, 0.15) is 17.5 Å². The summed E-state index contributed by atoms with van der Waals surface area (Å²) in [5.74, 6) is 0.0928. The number of hydrogen-bond acceptors (Lipinski definition) is 8. The Morgan fingerprint density at radius 3 is 3.05 bits per heavy atom. The summed E-state index contributed by atoms with van der Waals surface area (Å²) in [6.45, 7) is 2.26. The molecule has 2 rings (SSSR count). The standard InChI is InChI=1S/C13H15N5O3S/c1-2-21-10-5-8(3-4-9(10)19)7-15-16-11(20)6-12-17-18-13(14)22-12/h3-5,7,19H,2,6H2,1H3,(H2,14,18)(H,16,20)/b15-7+. The Morgan fingerprint density at radius 1 is 1.55 bits per heavy atom. The summed E-state index contributed by atoms with van der Waals surface area (Å²) in [4.78, 5) is 11.6. The van der Waals surface area contributed by atoms with E-state index < -0.39 is 0 Å². The maximum atomic E-state index is 11.6. The van der Waals surface area contributed by atoms with Gasteiger partial charge in [0.05, 0.1) is 19.2 Å². The number of carbonyl (C=O) groups is 1. The fourth-order valence-electron chi connectivity index (χ4n) is 1.58. The molecule has 116 valence electrons. The number of nitrogen functional groups attached to an aromatic ring is 1. The molecule has 8 nitrogen and oxygen atoms in total. The fourth-order valence-corrected chi connectivity index (χ4v) is 2.18. The second kappa shape index (κ2) is 7.36. The van der Waals surface area contributed by atoms with Gasteiger partial charge in [-0.05, 0) is 30.7 Å². The SMILES string of the molecule is CCOc1cc(/C=N/NC(=O)Cc2nnc(N)s2)ccc1O. The number of nitrogens with one attached hydrogen (secondary N) is 1. The van der Waals surface area contributed by atoms with Crippen LogP contribution in [-0.2, 0) is 11.2 Å². The number of benzene rings is 1. The van der Waals surface area contributed by atoms with Crippen LogP contribution in [0.2, 0.25) is 0 Å². The third-order valence-corrected chi connectivity index (χ3v) is 3.23. The molecule has 22 heavy (non-hydrogen) atoms. The first-order valence-corrected chi connectivity index (χ1v) is 7.25. The van der Waals surface area contributed by atoms with E-state index in [9.17, 15) is 9.90 Å². The Morgan fingerprint density at radius 2 is 2.36 bits per heavy atom. The van der Waals surface area contributed by atoms with Gasteiger partial charge in [0.2, 0.25) is 11.0 Å². The average Bonchev–Trinajstić information content (AvgIpc) is 2.88. The molecule has 9 heteroatoms. The minimum absolute atomic E-state index is 0.0527. The maximum absolute atomic E-state index is 11.6. The number of hydrogen-bond donors (Lipinski definition) is 3. The number of ether oxygens (including phenoxy) is 1. The molecule has 0 atom stereocenters. The van der Waals surface area contributed by atoms with Gasteiger partial charge in [-0.1, -0.05) is 11.3 Å². The lowest BCUT2D eigenvalue weighted by Gasteiger charge is -2.05. The number of aromatic hydroxyl groups is 1. The average molecular weight is 321 g/mol. The van der Waals surface area contributed by atoms with Crippen LogP contribution in [0.3, 0.4) is 0 Å². The zero-order valence-electron chi connectivity index (χ0n) is 11.8. The molecular formula is C13H15N5O3S. The van der Waals surface area contributed by atoms with E-state index in [-0.39, 0.29) is 18.1 Å². The quantitative estimate of drug-likeness (QED) is 0.537. The monoisotopic (exact) mass is 321 g/mol. The molecule has 4 N–H and O–H groups in total. The molecule has 2 aromatic rings. The smallest absolute Gasteiger partial charge is 0.247 e. The summed E-state index contributed by atoms with van der Waals surface area (Å²) in [5.41, 5.74) is 8.50. The topological polar surface area (TPSA) is 123 Å². The van der Waals surface area contributed by atoms with Crippen LogP contribution < -0.4 is 15.9 Å². The number of nitrogens with two attached hydrogens (primary N) is 1. The van der Waals surface area contributed by atoms with Crippen molar-refractivity contribution in [1.82, 2.24) is 15.6 Å². The van der Waals surface area contributed by atoms with E-state index in [0.717, 1.165) is 11.3 Å². The van der Waals surface area contributed by atoms with Crippen molar-refractivity contribution < 1.29 is 14.6 Å². The molecule has 0 spiro atoms. The number of phenolic OH excluding ortho intramolecular Hbond substituents is 1. The maximum Gasteiger partial charge on any atom is 0.247 e. The molecule has 0 bridgehead atoms. The number of phenols is 1. The number of carbonyl (C=O) groups excluding carboxylic acids is 1. The van der Waals surface area contributed by atoms with Crippen molar-refractivity contribution in [1.29, 1.82) is 0 Å². The van der Waals surface area contributed by atoms with Crippen LogP contribution in [-0.4, -0.2) is 34.0 Å². The molecule has 0 aliphatic heterocycles. The van der Waals surface area contributed by atoms with Crippen molar-refractivity contribution in [3.8, 4) is 11.5 Å². The zero-order chi connectivity index (χ0) is 15.9. The normalized spacial score (nSPS) is 10.8. The third-order valence-electron chi connectivity index (χ3n) is 2.48. The Bertz CT molecular complexity index is 686. The van der Waals surface area contributed by atoms with Gasteiger partial charge in [-0.25, -0.2) is 5.43 Å². The van der Waals surface area contributed by atoms with Crippen molar-refractivity contribution in [2.45, 2.75) is 13.3 Å². The summed E-state index contributed by atoms with van der Waals surface area (Å²) in [6.07, 6.45) is 1.51. The minimum Gasteiger partial charge on any atom is -0.504 e. The van der Waals surface area contributed by atoms with Crippen molar-refractivity contribution in [3.63, 3.8) is 0 Å². The van der Waals surface area contributed by atoms with Gasteiger partial charge in [0, 0.05) is 0 Å². The minimum atomic E-state index is -0.323. The summed E-state index contributed by atoms with van der Waals surface area (Å²) in [7, 11) is 0. The molecule has 1 aromatic carbocycles. The molecule has 0 aliphatic rings. The highest BCUT2D eigenvalue weighted by Gasteiger charge is 2.07. The number of amides is 1. The lowest BCUT2D eigenvalue weighted by Crippen LogP contribution is -2.19. The molecular weight excluding hydrogens is 306 g/mol. The van der Waals surface area contributed by atoms with Crippen molar-refractivity contribution in [2.24, 2.45) is 5.10 Å². The Kier molecular flexibility index (Phi) is 5.26. The van der Waals surface area contributed by atoms with Crippen molar-refractivity contribution in [3.05, 3.63) is 28.8 Å². The summed E-state index contributed by atoms with van der Waals surface area (Å²) >= 11 is 1.15. The summed E-state index contributed by atoms with van der Waals surface area (Å²) in [5, 5.41) is 21.6. The van der Waals surface area contributed by atoms with Crippen molar-refractivity contribution >= 4 is 28.6 Å². The number of anilines is 1. The molecule has 0 unspecified atom stereocenters. The molecule has 0 saturated carbocycles. The Balaban J connectivity index is 1.91. The van der Waals surface area contributed by atoms with E-state index in [1.807, 2.05) is 6.92 Å². The van der Waals surface area contributed by atoms with E-state index in [0.29, 0.717) is 28.1 Å². The highest BCUT2D eigenvalue weighted by Crippen LogP contribution is 2.26. The van der Waals surface area contributed by atoms with Crippen LogP contribution in [0.25, 0.3) is 0 Å². The van der Waals surface area contributed by atoms with Gasteiger partial charge in [0.1, 0.15) is 5.01 Å². The van der Waals surface area contributed by atoms with Crippen LogP contribution >= 0.6 is 11.3 Å². The second-order valence-corrected chi connectivity index (χ2v) is 5.26. The van der Waals surface area contributed by atoms with E-state index in [1.54, 1.807) is 12.1 Å². The second-order valence-electron chi connectivity index (χ2n) is 4.16. The number of aromatic nitrogens is 2. The van der Waals surface area contributed by atoms with E-state index in [2.05, 4.69) is 20.7 Å². The summed E-state index contributed by atoms with van der Waals surface area (Å²) in [6, 6.07) is 4.77. The van der Waals surface area contributed by atoms with Crippen LogP contribution in [0.4, 0.5) is 5.13 Å². The number of rotatable bonds is 6. The summed E-state index contributed by atoms with van der Waals surface area (Å²) < 4.78 is 5.26. The first-order valence-electron chi connectivity index (χ1n) is 6.44. The van der Waals surface area contributed by atoms with Gasteiger partial charge >= 0.3 is 0 Å². The third kappa shape index (κ3) is 4.42. The molecule has 1 heterocycles. The molecule has 1 amide bonds. The molecule has 0 aliphatic carbocycles. The van der Waals surface area contributed by atoms with E-state index in [1.165, 1.54) is 12.3 Å². The molecule has 1 aromatic heterocycles. The lowest BCUT2D eigenvalue weighted by molar-refractivity contribution is -0.120. The molecule has 0 saturated heterocycles. The van der Waals surface area contributed by atoms with Crippen LogP contribution in [0.15, 0.2) is 23.3 Å². The number of hydrazone groups is 1. The molecule has 0 radical (unpaired) electrons. The first kappa shape index (κ1) is 15.7. The van der Waals surface area contributed by atoms with E-state index in [4.69, 9.17) is 10.5 Å². The Labute approximate surface area is 130 Å². The first-order chi connectivity index (χ1) is 10.6. The predicted molar refractivity (Wildman–Crippen MR) is 83.0 cm³/mol. The van der Waals surface area contributed by atoms with Crippen molar-refractivity contribution in [2.75, 3.05) is 12.3 Å². The van der Waals surface area contributed by atoms with Gasteiger partial charge in [0.15, 0.2) is 11.5 Å². The fraction of sp³-hybridized carbons (Fsp3) is 0.231. The largest absolute Gasteiger partial charge is 0.504 e. The van der Waals surface area contributed by atoms with Gasteiger partial charge in [0.25, 0.3) is 0 Å². The lowest BCUT2D eigenvalue weighted by atomic mass is 10.2. The molecule has 0 fully saturated rings. The highest BCUT2D eigenvalue weighted by atomic mass is 32.1. The predicted octanol–water partition coefficient (Wildman–Crippen LogP) is 0.917. The van der Waals surface area contributed by atoms with E-state index >= 15 is 0 Å². The zero-order valence-corrected chi connectivity index (χ0v) is 12.6. The van der Waals surface area contributed by atoms with Gasteiger partial charge in [-0.2, -0.15) is 5.10 Å². The van der Waals surface area contributed by atoms with Gasteiger partial charge in [-0.15, -0.1) is 10.2 Å².